The van der Waals surface area contributed by atoms with Crippen LogP contribution in [0.2, 0.25) is 0 Å². The minimum Gasteiger partial charge on any atom is -0.494 e. The summed E-state index contributed by atoms with van der Waals surface area (Å²) in [5, 5.41) is 17.1. The van der Waals surface area contributed by atoms with Gasteiger partial charge in [-0.3, -0.25) is 0 Å². The third-order valence-corrected chi connectivity index (χ3v) is 1.73. The van der Waals surface area contributed by atoms with Crippen molar-refractivity contribution in [3.8, 4) is 17.9 Å². The summed E-state index contributed by atoms with van der Waals surface area (Å²) >= 11 is 0. The molecule has 0 heterocycles. The van der Waals surface area contributed by atoms with Gasteiger partial charge >= 0.3 is 0 Å². The van der Waals surface area contributed by atoms with Crippen molar-refractivity contribution in [1.29, 1.82) is 10.5 Å². The molecule has 0 N–H and O–H groups in total. The molecule has 1 aromatic rings. The van der Waals surface area contributed by atoms with E-state index in [1.165, 1.54) is 19.2 Å². The Morgan fingerprint density at radius 1 is 1.43 bits per heavy atom. The Morgan fingerprint density at radius 2 is 2.14 bits per heavy atom. The maximum Gasteiger partial charge on any atom is 0.169 e. The van der Waals surface area contributed by atoms with Crippen LogP contribution in [0.1, 0.15) is 11.1 Å². The van der Waals surface area contributed by atoms with E-state index in [0.29, 0.717) is 0 Å². The fraction of sp³-hybridized carbons (Fsp3) is 0.200. The summed E-state index contributed by atoms with van der Waals surface area (Å²) in [6.07, 6.45) is -0.0717. The molecule has 0 aliphatic rings. The quantitative estimate of drug-likeness (QED) is 0.714. The molecule has 0 aliphatic heterocycles. The maximum atomic E-state index is 13.4. The molecule has 0 aromatic heterocycles. The minimum atomic E-state index is -0.576. The monoisotopic (exact) mass is 190 g/mol. The Bertz CT molecular complexity index is 429. The molecule has 70 valence electrons. The van der Waals surface area contributed by atoms with Crippen molar-refractivity contribution in [2.75, 3.05) is 7.11 Å². The molecule has 1 aromatic carbocycles. The van der Waals surface area contributed by atoms with E-state index in [1.54, 1.807) is 0 Å². The lowest BCUT2D eigenvalue weighted by atomic mass is 10.1. The molecule has 0 unspecified atom stereocenters. The standard InChI is InChI=1S/C10H7FN2O/c1-14-9-5-7(6-13)4-8(2-3-12)10(9)11/h4-5H,2H2,1H3. The predicted octanol–water partition coefficient (Wildman–Crippen LogP) is 1.77. The number of ether oxygens (including phenoxy) is 1. The van der Waals surface area contributed by atoms with Crippen molar-refractivity contribution >= 4 is 0 Å². The van der Waals surface area contributed by atoms with Crippen LogP contribution in [0.15, 0.2) is 12.1 Å². The summed E-state index contributed by atoms with van der Waals surface area (Å²) in [5.74, 6) is -0.581. The largest absolute Gasteiger partial charge is 0.494 e. The van der Waals surface area contributed by atoms with Gasteiger partial charge in [0, 0.05) is 11.6 Å². The molecule has 4 heteroatoms. The molecule has 0 saturated carbocycles. The molecule has 0 fully saturated rings. The Kier molecular flexibility index (Phi) is 3.04. The average molecular weight is 190 g/mol. The predicted molar refractivity (Wildman–Crippen MR) is 47.0 cm³/mol. The van der Waals surface area contributed by atoms with Crippen LogP contribution in [0.25, 0.3) is 0 Å². The van der Waals surface area contributed by atoms with E-state index in [2.05, 4.69) is 0 Å². The Morgan fingerprint density at radius 3 is 2.64 bits per heavy atom. The van der Waals surface area contributed by atoms with Crippen molar-refractivity contribution in [2.24, 2.45) is 0 Å². The lowest BCUT2D eigenvalue weighted by Gasteiger charge is -2.05. The van der Waals surface area contributed by atoms with Crippen molar-refractivity contribution in [3.63, 3.8) is 0 Å². The summed E-state index contributed by atoms with van der Waals surface area (Å²) < 4.78 is 18.1. The van der Waals surface area contributed by atoms with Crippen molar-refractivity contribution < 1.29 is 9.13 Å². The molecule has 0 spiro atoms. The van der Waals surface area contributed by atoms with Gasteiger partial charge in [-0.1, -0.05) is 0 Å². The highest BCUT2D eigenvalue weighted by Gasteiger charge is 2.10. The molecule has 0 amide bonds. The zero-order chi connectivity index (χ0) is 10.6. The normalized spacial score (nSPS) is 8.86. The van der Waals surface area contributed by atoms with Gasteiger partial charge < -0.3 is 4.74 Å². The van der Waals surface area contributed by atoms with E-state index in [4.69, 9.17) is 15.3 Å². The molecular weight excluding hydrogens is 183 g/mol. The molecule has 0 radical (unpaired) electrons. The van der Waals surface area contributed by atoms with Gasteiger partial charge in [0.2, 0.25) is 0 Å². The maximum absolute atomic E-state index is 13.4. The molecule has 3 nitrogen and oxygen atoms in total. The Hall–Kier alpha value is -2.07. The zero-order valence-electron chi connectivity index (χ0n) is 7.54. The number of rotatable bonds is 2. The summed E-state index contributed by atoms with van der Waals surface area (Å²) in [6.45, 7) is 0. The summed E-state index contributed by atoms with van der Waals surface area (Å²) in [6, 6.07) is 6.34. The second kappa shape index (κ2) is 4.25. The van der Waals surface area contributed by atoms with Gasteiger partial charge in [-0.25, -0.2) is 4.39 Å². The third kappa shape index (κ3) is 1.81. The number of hydrogen-bond acceptors (Lipinski definition) is 3. The second-order valence-corrected chi connectivity index (χ2v) is 2.60. The fourth-order valence-electron chi connectivity index (χ4n) is 1.08. The Balaban J connectivity index is 3.30. The van der Waals surface area contributed by atoms with Crippen molar-refractivity contribution in [3.05, 3.63) is 29.1 Å². The number of halogens is 1. The van der Waals surface area contributed by atoms with Crippen molar-refractivity contribution in [1.82, 2.24) is 0 Å². The lowest BCUT2D eigenvalue weighted by molar-refractivity contribution is 0.384. The van der Waals surface area contributed by atoms with Gasteiger partial charge in [0.15, 0.2) is 11.6 Å². The average Bonchev–Trinajstić information content (AvgIpc) is 2.21. The first-order valence-corrected chi connectivity index (χ1v) is 3.86. The molecule has 0 bridgehead atoms. The number of nitriles is 2. The van der Waals surface area contributed by atoms with E-state index < -0.39 is 5.82 Å². The van der Waals surface area contributed by atoms with Crippen LogP contribution in [0, 0.1) is 28.5 Å². The van der Waals surface area contributed by atoms with E-state index in [-0.39, 0.29) is 23.3 Å². The van der Waals surface area contributed by atoms with Crippen LogP contribution in [0.5, 0.6) is 5.75 Å². The van der Waals surface area contributed by atoms with Crippen LogP contribution in [0.4, 0.5) is 4.39 Å². The third-order valence-electron chi connectivity index (χ3n) is 1.73. The van der Waals surface area contributed by atoms with E-state index in [1.807, 2.05) is 12.1 Å². The molecule has 0 atom stereocenters. The SMILES string of the molecule is COc1cc(C#N)cc(CC#N)c1F. The number of nitrogens with zero attached hydrogens (tertiary/aromatic N) is 2. The first kappa shape index (κ1) is 10.0. The van der Waals surface area contributed by atoms with E-state index in [0.717, 1.165) is 0 Å². The first-order valence-electron chi connectivity index (χ1n) is 3.86. The summed E-state index contributed by atoms with van der Waals surface area (Å²) in [7, 11) is 1.32. The first-order chi connectivity index (χ1) is 6.72. The van der Waals surface area contributed by atoms with Gasteiger partial charge in [-0.05, 0) is 6.07 Å². The highest BCUT2D eigenvalue weighted by atomic mass is 19.1. The molecule has 0 aliphatic carbocycles. The summed E-state index contributed by atoms with van der Waals surface area (Å²) in [4.78, 5) is 0. The van der Waals surface area contributed by atoms with Gasteiger partial charge in [-0.2, -0.15) is 10.5 Å². The topological polar surface area (TPSA) is 56.8 Å². The lowest BCUT2D eigenvalue weighted by Crippen LogP contribution is -1.95. The second-order valence-electron chi connectivity index (χ2n) is 2.60. The number of hydrogen-bond donors (Lipinski definition) is 0. The highest BCUT2D eigenvalue weighted by molar-refractivity contribution is 5.42. The van der Waals surface area contributed by atoms with Gasteiger partial charge in [0.25, 0.3) is 0 Å². The molecule has 14 heavy (non-hydrogen) atoms. The van der Waals surface area contributed by atoms with Crippen LogP contribution in [-0.2, 0) is 6.42 Å². The van der Waals surface area contributed by atoms with E-state index in [9.17, 15) is 4.39 Å². The highest BCUT2D eigenvalue weighted by Crippen LogP contribution is 2.22. The van der Waals surface area contributed by atoms with Crippen LogP contribution in [-0.4, -0.2) is 7.11 Å². The van der Waals surface area contributed by atoms with Gasteiger partial charge in [-0.15, -0.1) is 0 Å². The molecular formula is C10H7FN2O. The van der Waals surface area contributed by atoms with Crippen molar-refractivity contribution in [2.45, 2.75) is 6.42 Å². The molecule has 1 rings (SSSR count). The number of benzene rings is 1. The van der Waals surface area contributed by atoms with Crippen LogP contribution < -0.4 is 4.74 Å². The summed E-state index contributed by atoms with van der Waals surface area (Å²) in [5.41, 5.74) is 0.469. The zero-order valence-corrected chi connectivity index (χ0v) is 7.54. The molecule has 0 saturated heterocycles. The minimum absolute atomic E-state index is 0.00528. The van der Waals surface area contributed by atoms with Crippen LogP contribution in [0.3, 0.4) is 0 Å². The number of methoxy groups -OCH3 is 1. The smallest absolute Gasteiger partial charge is 0.169 e. The van der Waals surface area contributed by atoms with Crippen LogP contribution >= 0.6 is 0 Å². The Labute approximate surface area is 81.0 Å². The van der Waals surface area contributed by atoms with Gasteiger partial charge in [0.05, 0.1) is 31.2 Å². The van der Waals surface area contributed by atoms with Gasteiger partial charge in [0.1, 0.15) is 0 Å². The van der Waals surface area contributed by atoms with E-state index >= 15 is 0 Å². The fourth-order valence-corrected chi connectivity index (χ4v) is 1.08.